The van der Waals surface area contributed by atoms with Gasteiger partial charge in [-0.1, -0.05) is 21.0 Å². The average molecular weight is 236 g/mol. The molecular formula is C6H10BrN3O2. The molecule has 6 heteroatoms. The molecule has 0 heterocycles. The number of alkyl halides is 1. The molecule has 5 nitrogen and oxygen atoms in total. The van der Waals surface area contributed by atoms with Crippen molar-refractivity contribution < 1.29 is 9.53 Å². The maximum absolute atomic E-state index is 10.8. The van der Waals surface area contributed by atoms with Gasteiger partial charge >= 0.3 is 5.97 Å². The molecule has 0 spiro atoms. The molecule has 0 bridgehead atoms. The number of ether oxygens (including phenoxy) is 1. The van der Waals surface area contributed by atoms with Crippen LogP contribution in [-0.4, -0.2) is 23.9 Å². The summed E-state index contributed by atoms with van der Waals surface area (Å²) in [6.45, 7) is 2.35. The maximum atomic E-state index is 10.8. The Morgan fingerprint density at radius 3 is 3.00 bits per heavy atom. The van der Waals surface area contributed by atoms with Crippen molar-refractivity contribution in [1.29, 1.82) is 0 Å². The van der Waals surface area contributed by atoms with Crippen LogP contribution in [0.2, 0.25) is 0 Å². The Hall–Kier alpha value is -0.740. The van der Waals surface area contributed by atoms with Crippen LogP contribution in [0.1, 0.15) is 13.3 Å². The van der Waals surface area contributed by atoms with Gasteiger partial charge in [0.15, 0.2) is 0 Å². The van der Waals surface area contributed by atoms with Gasteiger partial charge < -0.3 is 4.74 Å². The Labute approximate surface area is 78.8 Å². The first kappa shape index (κ1) is 11.3. The van der Waals surface area contributed by atoms with Crippen molar-refractivity contribution in [3.63, 3.8) is 0 Å². The van der Waals surface area contributed by atoms with E-state index in [0.29, 0.717) is 19.6 Å². The van der Waals surface area contributed by atoms with Crippen molar-refractivity contribution in [3.8, 4) is 0 Å². The molecule has 68 valence electrons. The third kappa shape index (κ3) is 6.00. The number of hydrogen-bond acceptors (Lipinski definition) is 3. The summed E-state index contributed by atoms with van der Waals surface area (Å²) < 4.78 is 4.78. The second-order valence-corrected chi connectivity index (χ2v) is 3.47. The third-order valence-corrected chi connectivity index (χ3v) is 1.41. The second-order valence-electron chi connectivity index (χ2n) is 2.09. The van der Waals surface area contributed by atoms with E-state index >= 15 is 0 Å². The number of esters is 1. The fraction of sp³-hybridized carbons (Fsp3) is 0.833. The topological polar surface area (TPSA) is 75.1 Å². The van der Waals surface area contributed by atoms with Crippen LogP contribution in [0.3, 0.4) is 0 Å². The van der Waals surface area contributed by atoms with Crippen LogP contribution >= 0.6 is 15.9 Å². The van der Waals surface area contributed by atoms with Crippen molar-refractivity contribution in [1.82, 2.24) is 0 Å². The molecule has 1 atom stereocenters. The van der Waals surface area contributed by atoms with Gasteiger partial charge in [-0.05, 0) is 18.9 Å². The summed E-state index contributed by atoms with van der Waals surface area (Å²) in [5.74, 6) is -0.295. The fourth-order valence-corrected chi connectivity index (χ4v) is 0.600. The molecule has 0 saturated heterocycles. The van der Waals surface area contributed by atoms with Crippen LogP contribution in [0.5, 0.6) is 0 Å². The van der Waals surface area contributed by atoms with Crippen LogP contribution in [0.25, 0.3) is 10.4 Å². The van der Waals surface area contributed by atoms with Crippen LogP contribution in [-0.2, 0) is 9.53 Å². The lowest BCUT2D eigenvalue weighted by molar-refractivity contribution is -0.142. The minimum Gasteiger partial charge on any atom is -0.465 e. The number of nitrogens with zero attached hydrogens (tertiary/aromatic N) is 3. The quantitative estimate of drug-likeness (QED) is 0.183. The molecule has 0 aromatic heterocycles. The SMILES string of the molecule is CC(Br)C(=O)OCCCN=[N+]=[N-]. The van der Waals surface area contributed by atoms with Crippen molar-refractivity contribution in [2.24, 2.45) is 5.11 Å². The first-order valence-electron chi connectivity index (χ1n) is 3.50. The summed E-state index contributed by atoms with van der Waals surface area (Å²) in [6, 6.07) is 0. The minimum atomic E-state index is -0.295. The Balaban J connectivity index is 3.31. The Bertz CT molecular complexity index is 189. The molecule has 0 amide bonds. The highest BCUT2D eigenvalue weighted by atomic mass is 79.9. The zero-order valence-electron chi connectivity index (χ0n) is 6.73. The lowest BCUT2D eigenvalue weighted by Gasteiger charge is -2.03. The predicted octanol–water partition coefficient (Wildman–Crippen LogP) is 2.01. The van der Waals surface area contributed by atoms with E-state index in [-0.39, 0.29) is 10.8 Å². The van der Waals surface area contributed by atoms with Gasteiger partial charge in [-0.3, -0.25) is 4.79 Å². The van der Waals surface area contributed by atoms with E-state index < -0.39 is 0 Å². The molecule has 0 fully saturated rings. The van der Waals surface area contributed by atoms with E-state index in [4.69, 9.17) is 10.3 Å². The average Bonchev–Trinajstić information content (AvgIpc) is 2.03. The zero-order valence-corrected chi connectivity index (χ0v) is 8.32. The van der Waals surface area contributed by atoms with Gasteiger partial charge in [0, 0.05) is 11.5 Å². The van der Waals surface area contributed by atoms with Crippen LogP contribution < -0.4 is 0 Å². The lowest BCUT2D eigenvalue weighted by Crippen LogP contribution is -2.14. The number of azide groups is 1. The molecular weight excluding hydrogens is 226 g/mol. The normalized spacial score (nSPS) is 11.5. The number of carbonyl (C=O) groups excluding carboxylic acids is 1. The van der Waals surface area contributed by atoms with Gasteiger partial charge in [0.1, 0.15) is 4.83 Å². The molecule has 0 aromatic carbocycles. The number of rotatable bonds is 5. The molecule has 0 radical (unpaired) electrons. The summed E-state index contributed by atoms with van der Waals surface area (Å²) in [5, 5.41) is 3.29. The van der Waals surface area contributed by atoms with E-state index in [1.165, 1.54) is 0 Å². The highest BCUT2D eigenvalue weighted by Gasteiger charge is 2.08. The Morgan fingerprint density at radius 1 is 1.83 bits per heavy atom. The van der Waals surface area contributed by atoms with Gasteiger partial charge in [-0.25, -0.2) is 0 Å². The lowest BCUT2D eigenvalue weighted by atomic mass is 10.4. The number of halogens is 1. The van der Waals surface area contributed by atoms with Crippen LogP contribution in [0.15, 0.2) is 5.11 Å². The van der Waals surface area contributed by atoms with Gasteiger partial charge in [-0.15, -0.1) is 0 Å². The predicted molar refractivity (Wildman–Crippen MR) is 48.0 cm³/mol. The van der Waals surface area contributed by atoms with Crippen LogP contribution in [0.4, 0.5) is 0 Å². The molecule has 1 unspecified atom stereocenters. The standard InChI is InChI=1S/C6H10BrN3O2/c1-5(7)6(11)12-4-2-3-9-10-8/h5H,2-4H2,1H3. The molecule has 0 aromatic rings. The van der Waals surface area contributed by atoms with Crippen molar-refractivity contribution in [2.75, 3.05) is 13.2 Å². The van der Waals surface area contributed by atoms with E-state index in [9.17, 15) is 4.79 Å². The Morgan fingerprint density at radius 2 is 2.50 bits per heavy atom. The van der Waals surface area contributed by atoms with E-state index in [1.807, 2.05) is 0 Å². The molecule has 0 saturated carbocycles. The molecule has 0 aliphatic heterocycles. The third-order valence-electron chi connectivity index (χ3n) is 1.03. The maximum Gasteiger partial charge on any atom is 0.319 e. The largest absolute Gasteiger partial charge is 0.465 e. The summed E-state index contributed by atoms with van der Waals surface area (Å²) in [6.07, 6.45) is 0.565. The molecule has 12 heavy (non-hydrogen) atoms. The molecule has 0 N–H and O–H groups in total. The smallest absolute Gasteiger partial charge is 0.319 e. The number of hydrogen-bond donors (Lipinski definition) is 0. The van der Waals surface area contributed by atoms with E-state index in [2.05, 4.69) is 26.0 Å². The van der Waals surface area contributed by atoms with Crippen molar-refractivity contribution in [3.05, 3.63) is 10.4 Å². The molecule has 0 aliphatic rings. The van der Waals surface area contributed by atoms with E-state index in [0.717, 1.165) is 0 Å². The van der Waals surface area contributed by atoms with Crippen LogP contribution in [0, 0.1) is 0 Å². The summed E-state index contributed by atoms with van der Waals surface area (Å²) >= 11 is 3.07. The summed E-state index contributed by atoms with van der Waals surface area (Å²) in [5.41, 5.74) is 7.91. The van der Waals surface area contributed by atoms with Gasteiger partial charge in [0.25, 0.3) is 0 Å². The highest BCUT2D eigenvalue weighted by molar-refractivity contribution is 9.10. The first-order valence-corrected chi connectivity index (χ1v) is 4.41. The molecule has 0 rings (SSSR count). The Kier molecular flexibility index (Phi) is 6.51. The summed E-state index contributed by atoms with van der Waals surface area (Å²) in [7, 11) is 0. The highest BCUT2D eigenvalue weighted by Crippen LogP contribution is 2.00. The minimum absolute atomic E-state index is 0.281. The van der Waals surface area contributed by atoms with Gasteiger partial charge in [0.2, 0.25) is 0 Å². The fourth-order valence-electron chi connectivity index (χ4n) is 0.468. The monoisotopic (exact) mass is 235 g/mol. The summed E-state index contributed by atoms with van der Waals surface area (Å²) in [4.78, 5) is 13.1. The number of carbonyl (C=O) groups is 1. The van der Waals surface area contributed by atoms with Gasteiger partial charge in [-0.2, -0.15) is 0 Å². The van der Waals surface area contributed by atoms with Crippen molar-refractivity contribution in [2.45, 2.75) is 18.2 Å². The van der Waals surface area contributed by atoms with Gasteiger partial charge in [0.05, 0.1) is 6.61 Å². The first-order chi connectivity index (χ1) is 5.68. The van der Waals surface area contributed by atoms with E-state index in [1.54, 1.807) is 6.92 Å². The zero-order chi connectivity index (χ0) is 9.40. The molecule has 0 aliphatic carbocycles. The van der Waals surface area contributed by atoms with Crippen molar-refractivity contribution >= 4 is 21.9 Å². The second kappa shape index (κ2) is 6.94.